The topological polar surface area (TPSA) is 12.0 Å². The lowest BCUT2D eigenvalue weighted by atomic mass is 9.76. The van der Waals surface area contributed by atoms with E-state index in [0.717, 1.165) is 18.1 Å². The summed E-state index contributed by atoms with van der Waals surface area (Å²) in [6.45, 7) is 2.25. The van der Waals surface area contributed by atoms with Gasteiger partial charge in [-0.3, -0.25) is 0 Å². The average molecular weight is 286 g/mol. The van der Waals surface area contributed by atoms with Crippen LogP contribution in [0.1, 0.15) is 29.9 Å². The molecule has 1 atom stereocenters. The van der Waals surface area contributed by atoms with Crippen LogP contribution in [-0.4, -0.2) is 13.1 Å². The molecule has 0 unspecified atom stereocenters. The first-order valence-electron chi connectivity index (χ1n) is 7.36. The zero-order valence-electron chi connectivity index (χ0n) is 11.6. The molecule has 0 aromatic heterocycles. The molecule has 1 N–H and O–H groups in total. The SMILES string of the molecule is Clc1ccc([C@H](c2ccccc2)C2CCNCC2)cc1. The third-order valence-electron chi connectivity index (χ3n) is 4.24. The zero-order chi connectivity index (χ0) is 13.8. The Balaban J connectivity index is 1.96. The van der Waals surface area contributed by atoms with Crippen molar-refractivity contribution >= 4 is 11.6 Å². The van der Waals surface area contributed by atoms with Gasteiger partial charge >= 0.3 is 0 Å². The lowest BCUT2D eigenvalue weighted by Gasteiger charge is -2.31. The third kappa shape index (κ3) is 3.05. The molecule has 104 valence electrons. The molecule has 2 aromatic rings. The fourth-order valence-electron chi connectivity index (χ4n) is 3.24. The quantitative estimate of drug-likeness (QED) is 0.877. The van der Waals surface area contributed by atoms with Gasteiger partial charge in [0.15, 0.2) is 0 Å². The first-order chi connectivity index (χ1) is 9.84. The molecular formula is C18H20ClN. The van der Waals surface area contributed by atoms with Gasteiger partial charge in [0.2, 0.25) is 0 Å². The van der Waals surface area contributed by atoms with E-state index < -0.39 is 0 Å². The molecule has 1 aliphatic rings. The molecule has 0 amide bonds. The lowest BCUT2D eigenvalue weighted by Crippen LogP contribution is -2.31. The van der Waals surface area contributed by atoms with Gasteiger partial charge in [0, 0.05) is 10.9 Å². The van der Waals surface area contributed by atoms with Gasteiger partial charge in [-0.2, -0.15) is 0 Å². The minimum absolute atomic E-state index is 0.482. The van der Waals surface area contributed by atoms with Crippen LogP contribution in [0.4, 0.5) is 0 Å². The van der Waals surface area contributed by atoms with Crippen LogP contribution in [0.2, 0.25) is 5.02 Å². The maximum absolute atomic E-state index is 6.04. The Hall–Kier alpha value is -1.31. The van der Waals surface area contributed by atoms with Crippen LogP contribution in [0, 0.1) is 5.92 Å². The van der Waals surface area contributed by atoms with Crippen molar-refractivity contribution in [2.45, 2.75) is 18.8 Å². The van der Waals surface area contributed by atoms with Crippen molar-refractivity contribution in [1.29, 1.82) is 0 Å². The number of piperidine rings is 1. The second kappa shape index (κ2) is 6.43. The van der Waals surface area contributed by atoms with Gasteiger partial charge < -0.3 is 5.32 Å². The highest BCUT2D eigenvalue weighted by molar-refractivity contribution is 6.30. The Kier molecular flexibility index (Phi) is 4.39. The molecule has 1 nitrogen and oxygen atoms in total. The number of nitrogens with one attached hydrogen (secondary N) is 1. The molecule has 1 aliphatic heterocycles. The highest BCUT2D eigenvalue weighted by Crippen LogP contribution is 2.37. The van der Waals surface area contributed by atoms with Crippen molar-refractivity contribution in [3.05, 3.63) is 70.7 Å². The van der Waals surface area contributed by atoms with Crippen LogP contribution in [0.15, 0.2) is 54.6 Å². The molecule has 1 fully saturated rings. The molecule has 3 rings (SSSR count). The van der Waals surface area contributed by atoms with E-state index in [4.69, 9.17) is 11.6 Å². The monoisotopic (exact) mass is 285 g/mol. The molecule has 1 heterocycles. The highest BCUT2D eigenvalue weighted by Gasteiger charge is 2.26. The molecular weight excluding hydrogens is 266 g/mol. The number of benzene rings is 2. The summed E-state index contributed by atoms with van der Waals surface area (Å²) in [7, 11) is 0. The van der Waals surface area contributed by atoms with Gasteiger partial charge in [0.05, 0.1) is 0 Å². The number of hydrogen-bond donors (Lipinski definition) is 1. The van der Waals surface area contributed by atoms with Gasteiger partial charge in [-0.05, 0) is 55.1 Å². The van der Waals surface area contributed by atoms with Gasteiger partial charge in [-0.15, -0.1) is 0 Å². The summed E-state index contributed by atoms with van der Waals surface area (Å²) in [5.74, 6) is 1.19. The number of rotatable bonds is 3. The van der Waals surface area contributed by atoms with Crippen molar-refractivity contribution in [2.24, 2.45) is 5.92 Å². The van der Waals surface area contributed by atoms with Crippen molar-refractivity contribution < 1.29 is 0 Å². The van der Waals surface area contributed by atoms with Crippen molar-refractivity contribution in [2.75, 3.05) is 13.1 Å². The maximum Gasteiger partial charge on any atom is 0.0406 e. The van der Waals surface area contributed by atoms with Crippen molar-refractivity contribution in [3.8, 4) is 0 Å². The summed E-state index contributed by atoms with van der Waals surface area (Å²) >= 11 is 6.04. The predicted molar refractivity (Wildman–Crippen MR) is 85.3 cm³/mol. The third-order valence-corrected chi connectivity index (χ3v) is 4.50. The van der Waals surface area contributed by atoms with E-state index in [1.165, 1.54) is 24.0 Å². The summed E-state index contributed by atoms with van der Waals surface area (Å²) in [6.07, 6.45) is 2.48. The highest BCUT2D eigenvalue weighted by atomic mass is 35.5. The molecule has 0 radical (unpaired) electrons. The molecule has 0 saturated carbocycles. The van der Waals surface area contributed by atoms with Crippen LogP contribution in [0.3, 0.4) is 0 Å². The van der Waals surface area contributed by atoms with Crippen LogP contribution in [0.25, 0.3) is 0 Å². The van der Waals surface area contributed by atoms with Gasteiger partial charge in [0.1, 0.15) is 0 Å². The summed E-state index contributed by atoms with van der Waals surface area (Å²) in [4.78, 5) is 0. The fraction of sp³-hybridized carbons (Fsp3) is 0.333. The minimum atomic E-state index is 0.482. The fourth-order valence-corrected chi connectivity index (χ4v) is 3.37. The first kappa shape index (κ1) is 13.7. The van der Waals surface area contributed by atoms with Crippen LogP contribution in [-0.2, 0) is 0 Å². The largest absolute Gasteiger partial charge is 0.317 e. The van der Waals surface area contributed by atoms with E-state index in [2.05, 4.69) is 47.8 Å². The summed E-state index contributed by atoms with van der Waals surface area (Å²) < 4.78 is 0. The van der Waals surface area contributed by atoms with Crippen LogP contribution >= 0.6 is 11.6 Å². The maximum atomic E-state index is 6.04. The summed E-state index contributed by atoms with van der Waals surface area (Å²) in [6, 6.07) is 19.2. The van der Waals surface area contributed by atoms with E-state index >= 15 is 0 Å². The van der Waals surface area contributed by atoms with E-state index in [-0.39, 0.29) is 0 Å². The molecule has 0 aliphatic carbocycles. The van der Waals surface area contributed by atoms with E-state index in [9.17, 15) is 0 Å². The van der Waals surface area contributed by atoms with Gasteiger partial charge in [-0.1, -0.05) is 54.1 Å². The van der Waals surface area contributed by atoms with Crippen LogP contribution < -0.4 is 5.32 Å². The second-order valence-corrected chi connectivity index (χ2v) is 5.96. The number of halogens is 1. The number of hydrogen-bond acceptors (Lipinski definition) is 1. The Morgan fingerprint density at radius 1 is 0.850 bits per heavy atom. The molecule has 0 bridgehead atoms. The molecule has 0 spiro atoms. The zero-order valence-corrected chi connectivity index (χ0v) is 12.3. The molecule has 2 aromatic carbocycles. The molecule has 1 saturated heterocycles. The second-order valence-electron chi connectivity index (χ2n) is 5.53. The minimum Gasteiger partial charge on any atom is -0.317 e. The Labute approximate surface area is 126 Å². The predicted octanol–water partition coefficient (Wildman–Crippen LogP) is 4.47. The normalized spacial score (nSPS) is 17.9. The van der Waals surface area contributed by atoms with Crippen molar-refractivity contribution in [3.63, 3.8) is 0 Å². The van der Waals surface area contributed by atoms with Gasteiger partial charge in [-0.25, -0.2) is 0 Å². The van der Waals surface area contributed by atoms with Crippen molar-refractivity contribution in [1.82, 2.24) is 5.32 Å². The Bertz CT molecular complexity index is 529. The standard InChI is InChI=1S/C18H20ClN/c19-17-8-6-15(7-9-17)18(14-4-2-1-3-5-14)16-10-12-20-13-11-16/h1-9,16,18,20H,10-13H2/t18-/m0/s1. The summed E-state index contributed by atoms with van der Waals surface area (Å²) in [5.41, 5.74) is 2.80. The lowest BCUT2D eigenvalue weighted by molar-refractivity contribution is 0.342. The molecule has 2 heteroatoms. The average Bonchev–Trinajstić information content (AvgIpc) is 2.52. The first-order valence-corrected chi connectivity index (χ1v) is 7.73. The van der Waals surface area contributed by atoms with Crippen LogP contribution in [0.5, 0.6) is 0 Å². The summed E-state index contributed by atoms with van der Waals surface area (Å²) in [5, 5.41) is 4.27. The Morgan fingerprint density at radius 3 is 2.10 bits per heavy atom. The van der Waals surface area contributed by atoms with E-state index in [1.54, 1.807) is 0 Å². The van der Waals surface area contributed by atoms with E-state index in [0.29, 0.717) is 11.8 Å². The Morgan fingerprint density at radius 2 is 1.45 bits per heavy atom. The van der Waals surface area contributed by atoms with Gasteiger partial charge in [0.25, 0.3) is 0 Å². The smallest absolute Gasteiger partial charge is 0.0406 e. The molecule has 20 heavy (non-hydrogen) atoms. The van der Waals surface area contributed by atoms with E-state index in [1.807, 2.05) is 12.1 Å².